The Bertz CT molecular complexity index is 269. The van der Waals surface area contributed by atoms with E-state index in [9.17, 15) is 20.0 Å². The molecule has 0 saturated carbocycles. The van der Waals surface area contributed by atoms with E-state index in [0.29, 0.717) is 24.8 Å². The van der Waals surface area contributed by atoms with Gasteiger partial charge in [0.2, 0.25) is 6.54 Å². The standard InChI is InChI=1S/C8H11NO4/c10-7-3-1-2-6(8(7)11)4-5-9(12)13/h11H,1-5H2. The van der Waals surface area contributed by atoms with Crippen molar-refractivity contribution < 1.29 is 14.8 Å². The number of allylic oxidation sites excluding steroid dienone is 1. The van der Waals surface area contributed by atoms with Gasteiger partial charge in [-0.15, -0.1) is 0 Å². The molecule has 0 aromatic rings. The Hall–Kier alpha value is -1.39. The first-order valence-electron chi connectivity index (χ1n) is 4.17. The van der Waals surface area contributed by atoms with Crippen LogP contribution in [0.1, 0.15) is 25.7 Å². The van der Waals surface area contributed by atoms with E-state index in [1.165, 1.54) is 0 Å². The minimum atomic E-state index is -0.445. The van der Waals surface area contributed by atoms with Crippen LogP contribution in [0.4, 0.5) is 0 Å². The van der Waals surface area contributed by atoms with E-state index in [-0.39, 0.29) is 24.5 Å². The van der Waals surface area contributed by atoms with Gasteiger partial charge in [-0.1, -0.05) is 0 Å². The number of nitro groups is 1. The van der Waals surface area contributed by atoms with Crippen molar-refractivity contribution in [2.75, 3.05) is 6.54 Å². The molecule has 0 saturated heterocycles. The quantitative estimate of drug-likeness (QED) is 0.529. The zero-order valence-electron chi connectivity index (χ0n) is 7.15. The molecular formula is C8H11NO4. The van der Waals surface area contributed by atoms with Gasteiger partial charge in [0, 0.05) is 17.8 Å². The molecule has 0 spiro atoms. The lowest BCUT2D eigenvalue weighted by Gasteiger charge is -2.13. The monoisotopic (exact) mass is 185 g/mol. The Morgan fingerprint density at radius 3 is 2.77 bits per heavy atom. The number of ketones is 1. The van der Waals surface area contributed by atoms with Gasteiger partial charge >= 0.3 is 0 Å². The fraction of sp³-hybridized carbons (Fsp3) is 0.625. The summed E-state index contributed by atoms with van der Waals surface area (Å²) < 4.78 is 0. The van der Waals surface area contributed by atoms with E-state index in [1.807, 2.05) is 0 Å². The zero-order chi connectivity index (χ0) is 9.84. The number of aliphatic hydroxyl groups is 1. The Morgan fingerprint density at radius 1 is 1.46 bits per heavy atom. The third-order valence-corrected chi connectivity index (χ3v) is 2.08. The predicted molar refractivity (Wildman–Crippen MR) is 45.0 cm³/mol. The van der Waals surface area contributed by atoms with Crippen LogP contribution in [0.2, 0.25) is 0 Å². The Labute approximate surface area is 75.2 Å². The van der Waals surface area contributed by atoms with Crippen LogP contribution >= 0.6 is 0 Å². The maximum Gasteiger partial charge on any atom is 0.207 e. The molecule has 13 heavy (non-hydrogen) atoms. The number of hydrogen-bond acceptors (Lipinski definition) is 4. The molecule has 0 unspecified atom stereocenters. The summed E-state index contributed by atoms with van der Waals surface area (Å²) in [5, 5.41) is 19.3. The minimum absolute atomic E-state index is 0.185. The third kappa shape index (κ3) is 2.54. The van der Waals surface area contributed by atoms with Gasteiger partial charge in [0.05, 0.1) is 0 Å². The van der Waals surface area contributed by atoms with Crippen molar-refractivity contribution in [1.82, 2.24) is 0 Å². The van der Waals surface area contributed by atoms with E-state index >= 15 is 0 Å². The summed E-state index contributed by atoms with van der Waals surface area (Å²) in [6.07, 6.45) is 1.83. The maximum absolute atomic E-state index is 11.0. The molecule has 0 radical (unpaired) electrons. The smallest absolute Gasteiger partial charge is 0.207 e. The molecule has 0 aliphatic heterocycles. The van der Waals surface area contributed by atoms with Crippen LogP contribution in [0.3, 0.4) is 0 Å². The second kappa shape index (κ2) is 4.02. The summed E-state index contributed by atoms with van der Waals surface area (Å²) in [5.41, 5.74) is 0.535. The van der Waals surface area contributed by atoms with Gasteiger partial charge in [0.1, 0.15) is 0 Å². The number of Topliss-reactive ketones (excluding diaryl/α,β-unsaturated/α-hetero) is 1. The molecule has 5 heteroatoms. The highest BCUT2D eigenvalue weighted by Crippen LogP contribution is 2.22. The lowest BCUT2D eigenvalue weighted by molar-refractivity contribution is -0.479. The molecule has 0 atom stereocenters. The molecule has 0 heterocycles. The second-order valence-electron chi connectivity index (χ2n) is 3.04. The molecule has 0 fully saturated rings. The van der Waals surface area contributed by atoms with Crippen LogP contribution in [-0.4, -0.2) is 22.4 Å². The Kier molecular flexibility index (Phi) is 3.00. The minimum Gasteiger partial charge on any atom is -0.504 e. The van der Waals surface area contributed by atoms with Crippen molar-refractivity contribution >= 4 is 5.78 Å². The number of aliphatic hydroxyl groups excluding tert-OH is 1. The van der Waals surface area contributed by atoms with E-state index in [2.05, 4.69) is 0 Å². The SMILES string of the molecule is O=C1CCCC(CC[N+](=O)[O-])=C1O. The summed E-state index contributed by atoms with van der Waals surface area (Å²) in [7, 11) is 0. The van der Waals surface area contributed by atoms with Crippen molar-refractivity contribution in [1.29, 1.82) is 0 Å². The summed E-state index contributed by atoms with van der Waals surface area (Å²) in [6, 6.07) is 0. The topological polar surface area (TPSA) is 80.4 Å². The number of carbonyl (C=O) groups is 1. The summed E-state index contributed by atoms with van der Waals surface area (Å²) in [5.74, 6) is -0.530. The van der Waals surface area contributed by atoms with Gasteiger partial charge in [-0.3, -0.25) is 14.9 Å². The molecular weight excluding hydrogens is 174 g/mol. The van der Waals surface area contributed by atoms with Crippen molar-refractivity contribution in [3.05, 3.63) is 21.4 Å². The Morgan fingerprint density at radius 2 is 2.15 bits per heavy atom. The van der Waals surface area contributed by atoms with Gasteiger partial charge in [0.15, 0.2) is 11.5 Å². The van der Waals surface area contributed by atoms with Crippen molar-refractivity contribution in [2.24, 2.45) is 0 Å². The van der Waals surface area contributed by atoms with Crippen LogP contribution in [0.25, 0.3) is 0 Å². The van der Waals surface area contributed by atoms with E-state index in [1.54, 1.807) is 0 Å². The normalized spacial score (nSPS) is 17.7. The highest BCUT2D eigenvalue weighted by atomic mass is 16.6. The molecule has 0 aromatic carbocycles. The van der Waals surface area contributed by atoms with Gasteiger partial charge in [0.25, 0.3) is 0 Å². The van der Waals surface area contributed by atoms with E-state index in [4.69, 9.17) is 0 Å². The van der Waals surface area contributed by atoms with E-state index < -0.39 is 4.92 Å². The van der Waals surface area contributed by atoms with Crippen LogP contribution in [0, 0.1) is 10.1 Å². The van der Waals surface area contributed by atoms with Gasteiger partial charge in [-0.25, -0.2) is 0 Å². The van der Waals surface area contributed by atoms with E-state index in [0.717, 1.165) is 0 Å². The maximum atomic E-state index is 11.0. The van der Waals surface area contributed by atoms with Crippen molar-refractivity contribution in [3.8, 4) is 0 Å². The highest BCUT2D eigenvalue weighted by molar-refractivity contribution is 5.94. The molecule has 0 aromatic heterocycles. The first-order chi connectivity index (χ1) is 6.11. The van der Waals surface area contributed by atoms with Crippen LogP contribution in [0.5, 0.6) is 0 Å². The largest absolute Gasteiger partial charge is 0.504 e. The number of rotatable bonds is 3. The zero-order valence-corrected chi connectivity index (χ0v) is 7.15. The molecule has 0 amide bonds. The van der Waals surface area contributed by atoms with Gasteiger partial charge in [-0.05, 0) is 18.4 Å². The summed E-state index contributed by atoms with van der Waals surface area (Å²) in [4.78, 5) is 20.6. The highest BCUT2D eigenvalue weighted by Gasteiger charge is 2.20. The first kappa shape index (κ1) is 9.70. The third-order valence-electron chi connectivity index (χ3n) is 2.08. The van der Waals surface area contributed by atoms with Gasteiger partial charge < -0.3 is 5.11 Å². The fourth-order valence-electron chi connectivity index (χ4n) is 1.37. The molecule has 5 nitrogen and oxygen atoms in total. The number of nitrogens with zero attached hydrogens (tertiary/aromatic N) is 1. The molecule has 1 aliphatic carbocycles. The molecule has 1 rings (SSSR count). The lowest BCUT2D eigenvalue weighted by Crippen LogP contribution is -2.13. The van der Waals surface area contributed by atoms with Crippen LogP contribution < -0.4 is 0 Å². The predicted octanol–water partition coefficient (Wildman–Crippen LogP) is 1.22. The molecule has 72 valence electrons. The van der Waals surface area contributed by atoms with Gasteiger partial charge in [-0.2, -0.15) is 0 Å². The number of hydrogen-bond donors (Lipinski definition) is 1. The van der Waals surface area contributed by atoms with Crippen molar-refractivity contribution in [2.45, 2.75) is 25.7 Å². The first-order valence-corrected chi connectivity index (χ1v) is 4.17. The lowest BCUT2D eigenvalue weighted by atomic mass is 9.94. The number of carbonyl (C=O) groups excluding carboxylic acids is 1. The summed E-state index contributed by atoms with van der Waals surface area (Å²) in [6.45, 7) is -0.216. The van der Waals surface area contributed by atoms with Crippen LogP contribution in [0.15, 0.2) is 11.3 Å². The fourth-order valence-corrected chi connectivity index (χ4v) is 1.37. The van der Waals surface area contributed by atoms with Crippen LogP contribution in [-0.2, 0) is 4.79 Å². The average molecular weight is 185 g/mol. The molecule has 1 N–H and O–H groups in total. The Balaban J connectivity index is 2.61. The molecule has 1 aliphatic rings. The average Bonchev–Trinajstić information content (AvgIpc) is 2.07. The molecule has 0 bridgehead atoms. The second-order valence-corrected chi connectivity index (χ2v) is 3.04. The van der Waals surface area contributed by atoms with Crippen molar-refractivity contribution in [3.63, 3.8) is 0 Å². The summed E-state index contributed by atoms with van der Waals surface area (Å²) >= 11 is 0.